The summed E-state index contributed by atoms with van der Waals surface area (Å²) in [5.41, 5.74) is 1.53. The van der Waals surface area contributed by atoms with Crippen LogP contribution in [-0.2, 0) is 39.5 Å². The molecule has 0 aromatic heterocycles. The molecule has 7 rings (SSSR count). The standard InChI is InChI=1S/C30H25NO6/c1-18(32)36-16-29-21-12-6-8-14-23(21)30(17-37-19(2)33,24-15-9-7-13-22(24)29)26-25(29)27(34)31(28(26)35)20-10-4-3-5-11-20/h3-15,25-26H,16-17H2,1-2H3/t25-,26-,29?,30?/m1/s1. The van der Waals surface area contributed by atoms with Gasteiger partial charge in [0.25, 0.3) is 0 Å². The number of hydrogen-bond acceptors (Lipinski definition) is 6. The normalized spacial score (nSPS) is 26.8. The van der Waals surface area contributed by atoms with Crippen LogP contribution in [0.4, 0.5) is 5.69 Å². The Morgan fingerprint density at radius 3 is 1.35 bits per heavy atom. The lowest BCUT2D eigenvalue weighted by Gasteiger charge is -2.59. The van der Waals surface area contributed by atoms with Crippen molar-refractivity contribution >= 4 is 29.4 Å². The van der Waals surface area contributed by atoms with Crippen molar-refractivity contribution in [2.45, 2.75) is 24.7 Å². The van der Waals surface area contributed by atoms with Crippen LogP contribution in [0, 0.1) is 11.8 Å². The second-order valence-electron chi connectivity index (χ2n) is 9.90. The third kappa shape index (κ3) is 2.94. The molecule has 1 heterocycles. The lowest BCUT2D eigenvalue weighted by Crippen LogP contribution is -2.64. The highest BCUT2D eigenvalue weighted by Gasteiger charge is 2.74. The Morgan fingerprint density at radius 2 is 1.00 bits per heavy atom. The maximum atomic E-state index is 14.3. The van der Waals surface area contributed by atoms with Gasteiger partial charge >= 0.3 is 11.9 Å². The van der Waals surface area contributed by atoms with Crippen LogP contribution in [0.3, 0.4) is 0 Å². The fraction of sp³-hybridized carbons (Fsp3) is 0.267. The third-order valence-corrected chi connectivity index (χ3v) is 8.17. The molecule has 0 radical (unpaired) electrons. The molecule has 2 atom stereocenters. The van der Waals surface area contributed by atoms with Crippen molar-refractivity contribution < 1.29 is 28.7 Å². The van der Waals surface area contributed by atoms with E-state index in [0.717, 1.165) is 22.3 Å². The predicted octanol–water partition coefficient (Wildman–Crippen LogP) is 3.52. The first-order valence-corrected chi connectivity index (χ1v) is 12.2. The van der Waals surface area contributed by atoms with Crippen LogP contribution in [0.1, 0.15) is 36.1 Å². The van der Waals surface area contributed by atoms with Crippen LogP contribution in [0.15, 0.2) is 78.9 Å². The average Bonchev–Trinajstić information content (AvgIpc) is 3.18. The molecule has 3 aromatic rings. The van der Waals surface area contributed by atoms with Gasteiger partial charge in [0.2, 0.25) is 11.8 Å². The minimum Gasteiger partial charge on any atom is -0.465 e. The first-order valence-electron chi connectivity index (χ1n) is 12.2. The molecular formula is C30H25NO6. The molecule has 37 heavy (non-hydrogen) atoms. The van der Waals surface area contributed by atoms with Crippen molar-refractivity contribution in [1.29, 1.82) is 0 Å². The minimum absolute atomic E-state index is 0.0944. The largest absolute Gasteiger partial charge is 0.465 e. The Morgan fingerprint density at radius 1 is 0.649 bits per heavy atom. The topological polar surface area (TPSA) is 90.0 Å². The van der Waals surface area contributed by atoms with E-state index >= 15 is 0 Å². The third-order valence-electron chi connectivity index (χ3n) is 8.17. The molecule has 4 aliphatic rings. The summed E-state index contributed by atoms with van der Waals surface area (Å²) in [7, 11) is 0. The Balaban J connectivity index is 1.70. The number of para-hydroxylation sites is 1. The van der Waals surface area contributed by atoms with Gasteiger partial charge in [0.05, 0.1) is 28.4 Å². The molecule has 1 fully saturated rings. The van der Waals surface area contributed by atoms with Crippen molar-refractivity contribution in [3.05, 3.63) is 101 Å². The summed E-state index contributed by atoms with van der Waals surface area (Å²) in [6, 6.07) is 24.1. The summed E-state index contributed by atoms with van der Waals surface area (Å²) in [5.74, 6) is -3.38. The summed E-state index contributed by atoms with van der Waals surface area (Å²) in [6.07, 6.45) is 0. The SMILES string of the molecule is CC(=O)OCC12c3ccccc3C(COC(C)=O)(c3ccccc31)[C@H]1C(=O)N(c3ccccc3)C(=O)[C@@H]12. The van der Waals surface area contributed by atoms with Crippen molar-refractivity contribution in [1.82, 2.24) is 0 Å². The number of esters is 2. The van der Waals surface area contributed by atoms with E-state index in [2.05, 4.69) is 0 Å². The van der Waals surface area contributed by atoms with E-state index in [-0.39, 0.29) is 25.0 Å². The van der Waals surface area contributed by atoms with Gasteiger partial charge in [0, 0.05) is 13.8 Å². The second-order valence-corrected chi connectivity index (χ2v) is 9.90. The van der Waals surface area contributed by atoms with Crippen LogP contribution in [0.25, 0.3) is 0 Å². The molecular weight excluding hydrogens is 470 g/mol. The molecule has 3 aliphatic carbocycles. The quantitative estimate of drug-likeness (QED) is 0.398. The van der Waals surface area contributed by atoms with E-state index in [1.165, 1.54) is 18.7 Å². The van der Waals surface area contributed by atoms with Crippen LogP contribution in [0.2, 0.25) is 0 Å². The summed E-state index contributed by atoms with van der Waals surface area (Å²) >= 11 is 0. The molecule has 7 heteroatoms. The number of amides is 2. The lowest BCUT2D eigenvalue weighted by atomic mass is 9.42. The first kappa shape index (κ1) is 23.2. The number of carbonyl (C=O) groups excluding carboxylic acids is 4. The second kappa shape index (κ2) is 8.13. The Labute approximate surface area is 214 Å². The van der Waals surface area contributed by atoms with Crippen molar-refractivity contribution in [2.75, 3.05) is 18.1 Å². The molecule has 0 saturated carbocycles. The van der Waals surface area contributed by atoms with E-state index in [1.54, 1.807) is 24.3 Å². The predicted molar refractivity (Wildman–Crippen MR) is 134 cm³/mol. The molecule has 1 saturated heterocycles. The van der Waals surface area contributed by atoms with E-state index in [4.69, 9.17) is 9.47 Å². The van der Waals surface area contributed by atoms with Gasteiger partial charge in [-0.1, -0.05) is 66.7 Å². The summed E-state index contributed by atoms with van der Waals surface area (Å²) in [4.78, 5) is 54.1. The molecule has 2 bridgehead atoms. The number of nitrogens with zero attached hydrogens (tertiary/aromatic N) is 1. The summed E-state index contributed by atoms with van der Waals surface area (Å²) in [6.45, 7) is 2.48. The molecule has 0 unspecified atom stereocenters. The van der Waals surface area contributed by atoms with E-state index in [1.807, 2.05) is 54.6 Å². The minimum atomic E-state index is -1.09. The molecule has 0 spiro atoms. The number of ether oxygens (including phenoxy) is 2. The van der Waals surface area contributed by atoms with Crippen LogP contribution < -0.4 is 4.90 Å². The Kier molecular flexibility index (Phi) is 5.09. The first-order chi connectivity index (χ1) is 17.8. The monoisotopic (exact) mass is 495 g/mol. The van der Waals surface area contributed by atoms with Crippen molar-refractivity contribution in [3.63, 3.8) is 0 Å². The van der Waals surface area contributed by atoms with Gasteiger partial charge in [-0.15, -0.1) is 0 Å². The highest BCUT2D eigenvalue weighted by molar-refractivity contribution is 6.24. The number of hydrogen-bond donors (Lipinski definition) is 0. The molecule has 0 N–H and O–H groups in total. The number of anilines is 1. The van der Waals surface area contributed by atoms with Gasteiger partial charge < -0.3 is 9.47 Å². The van der Waals surface area contributed by atoms with E-state index in [0.29, 0.717) is 5.69 Å². The zero-order valence-corrected chi connectivity index (χ0v) is 20.5. The number of benzene rings is 3. The fourth-order valence-electron chi connectivity index (χ4n) is 6.90. The highest BCUT2D eigenvalue weighted by atomic mass is 16.5. The molecule has 7 nitrogen and oxygen atoms in total. The van der Waals surface area contributed by atoms with Crippen LogP contribution >= 0.6 is 0 Å². The summed E-state index contributed by atoms with van der Waals surface area (Å²) in [5, 5.41) is 0. The fourth-order valence-corrected chi connectivity index (χ4v) is 6.90. The summed E-state index contributed by atoms with van der Waals surface area (Å²) < 4.78 is 11.3. The maximum Gasteiger partial charge on any atom is 0.302 e. The number of imide groups is 1. The molecule has 1 aliphatic heterocycles. The smallest absolute Gasteiger partial charge is 0.302 e. The Bertz CT molecular complexity index is 1320. The van der Waals surface area contributed by atoms with Gasteiger partial charge in [-0.3, -0.25) is 19.2 Å². The van der Waals surface area contributed by atoms with Crippen LogP contribution in [0.5, 0.6) is 0 Å². The maximum absolute atomic E-state index is 14.3. The average molecular weight is 496 g/mol. The van der Waals surface area contributed by atoms with Crippen LogP contribution in [-0.4, -0.2) is 37.0 Å². The van der Waals surface area contributed by atoms with Gasteiger partial charge in [-0.05, 0) is 34.4 Å². The number of rotatable bonds is 5. The van der Waals surface area contributed by atoms with Gasteiger partial charge in [0.15, 0.2) is 0 Å². The number of carbonyl (C=O) groups is 4. The Hall–Kier alpha value is -4.26. The van der Waals surface area contributed by atoms with Gasteiger partial charge in [-0.25, -0.2) is 4.90 Å². The highest BCUT2D eigenvalue weighted by Crippen LogP contribution is 2.67. The van der Waals surface area contributed by atoms with E-state index in [9.17, 15) is 19.2 Å². The van der Waals surface area contributed by atoms with Gasteiger partial charge in [0.1, 0.15) is 13.2 Å². The van der Waals surface area contributed by atoms with E-state index < -0.39 is 34.6 Å². The zero-order chi connectivity index (χ0) is 25.9. The zero-order valence-electron chi connectivity index (χ0n) is 20.5. The lowest BCUT2D eigenvalue weighted by molar-refractivity contribution is -0.149. The van der Waals surface area contributed by atoms with Crippen molar-refractivity contribution in [2.24, 2.45) is 11.8 Å². The van der Waals surface area contributed by atoms with Crippen molar-refractivity contribution in [3.8, 4) is 0 Å². The molecule has 186 valence electrons. The van der Waals surface area contributed by atoms with Gasteiger partial charge in [-0.2, -0.15) is 0 Å². The molecule has 2 amide bonds. The molecule has 3 aromatic carbocycles.